The Morgan fingerprint density at radius 1 is 1.38 bits per heavy atom. The number of likely N-dealkylation sites (tertiary alicyclic amines) is 1. The van der Waals surface area contributed by atoms with Gasteiger partial charge in [0, 0.05) is 12.5 Å². The summed E-state index contributed by atoms with van der Waals surface area (Å²) in [5, 5.41) is 9.16. The summed E-state index contributed by atoms with van der Waals surface area (Å²) in [7, 11) is 2.04. The molecular weight excluding hydrogens is 205 g/mol. The Labute approximate surface area is 95.7 Å². The van der Waals surface area contributed by atoms with E-state index in [4.69, 9.17) is 5.11 Å². The first-order chi connectivity index (χ1) is 7.66. The van der Waals surface area contributed by atoms with Gasteiger partial charge in [0.05, 0.1) is 0 Å². The van der Waals surface area contributed by atoms with E-state index in [1.54, 1.807) is 24.3 Å². The van der Waals surface area contributed by atoms with Crippen molar-refractivity contribution in [3.05, 3.63) is 29.8 Å². The number of piperidine rings is 1. The summed E-state index contributed by atoms with van der Waals surface area (Å²) < 4.78 is 14.2. The van der Waals surface area contributed by atoms with Gasteiger partial charge >= 0.3 is 0 Å². The number of rotatable bonds is 2. The van der Waals surface area contributed by atoms with E-state index in [1.807, 2.05) is 7.05 Å². The first kappa shape index (κ1) is 11.4. The lowest BCUT2D eigenvalue weighted by Crippen LogP contribution is -2.34. The quantitative estimate of drug-likeness (QED) is 0.833. The summed E-state index contributed by atoms with van der Waals surface area (Å²) in [5.41, 5.74) is 0.679. The smallest absolute Gasteiger partial charge is 0.129 e. The Bertz CT molecular complexity index is 338. The first-order valence-electron chi connectivity index (χ1n) is 5.78. The molecule has 0 saturated carbocycles. The van der Waals surface area contributed by atoms with Gasteiger partial charge < -0.3 is 10.0 Å². The van der Waals surface area contributed by atoms with Crippen molar-refractivity contribution < 1.29 is 9.50 Å². The van der Waals surface area contributed by atoms with Crippen LogP contribution < -0.4 is 0 Å². The summed E-state index contributed by atoms with van der Waals surface area (Å²) in [6.45, 7) is 1.89. The largest absolute Gasteiger partial charge is 0.508 e. The Morgan fingerprint density at radius 3 is 2.69 bits per heavy atom. The summed E-state index contributed by atoms with van der Waals surface area (Å²) in [5.74, 6) is 0.278. The Kier molecular flexibility index (Phi) is 3.44. The number of hydrogen-bond acceptors (Lipinski definition) is 2. The van der Waals surface area contributed by atoms with E-state index in [9.17, 15) is 4.39 Å². The molecule has 1 aromatic rings. The second-order valence-corrected chi connectivity index (χ2v) is 4.66. The molecule has 1 aliphatic heterocycles. The number of nitrogens with zero attached hydrogens (tertiary/aromatic N) is 1. The Morgan fingerprint density at radius 2 is 2.06 bits per heavy atom. The predicted octanol–water partition coefficient (Wildman–Crippen LogP) is 2.74. The number of alkyl halides is 1. The number of aromatic hydroxyl groups is 1. The minimum Gasteiger partial charge on any atom is -0.508 e. The highest BCUT2D eigenvalue weighted by Gasteiger charge is 2.26. The highest BCUT2D eigenvalue weighted by atomic mass is 19.1. The van der Waals surface area contributed by atoms with E-state index >= 15 is 0 Å². The molecule has 2 rings (SSSR count). The summed E-state index contributed by atoms with van der Waals surface area (Å²) in [6, 6.07) is 6.45. The third kappa shape index (κ3) is 2.53. The molecule has 0 radical (unpaired) electrons. The van der Waals surface area contributed by atoms with Gasteiger partial charge in [-0.3, -0.25) is 0 Å². The second kappa shape index (κ2) is 4.83. The van der Waals surface area contributed by atoms with Crippen LogP contribution in [0.3, 0.4) is 0 Å². The van der Waals surface area contributed by atoms with Gasteiger partial charge in [0.15, 0.2) is 0 Å². The van der Waals surface area contributed by atoms with Crippen LogP contribution >= 0.6 is 0 Å². The van der Waals surface area contributed by atoms with Crippen molar-refractivity contribution in [2.45, 2.75) is 19.0 Å². The third-order valence-corrected chi connectivity index (χ3v) is 3.29. The van der Waals surface area contributed by atoms with Gasteiger partial charge in [-0.15, -0.1) is 0 Å². The van der Waals surface area contributed by atoms with Crippen molar-refractivity contribution in [2.24, 2.45) is 5.92 Å². The molecule has 0 aliphatic carbocycles. The molecular formula is C13H18FNO. The zero-order chi connectivity index (χ0) is 11.5. The van der Waals surface area contributed by atoms with Gasteiger partial charge in [0.2, 0.25) is 0 Å². The highest BCUT2D eigenvalue weighted by Crippen LogP contribution is 2.32. The summed E-state index contributed by atoms with van der Waals surface area (Å²) in [6.07, 6.45) is 1.11. The van der Waals surface area contributed by atoms with Crippen molar-refractivity contribution in [3.8, 4) is 5.75 Å². The van der Waals surface area contributed by atoms with Crippen LogP contribution in [0.2, 0.25) is 0 Å². The molecule has 3 heteroatoms. The molecule has 2 atom stereocenters. The lowest BCUT2D eigenvalue weighted by atomic mass is 9.90. The van der Waals surface area contributed by atoms with Crippen molar-refractivity contribution in [1.29, 1.82) is 0 Å². The molecule has 0 spiro atoms. The molecule has 1 fully saturated rings. The van der Waals surface area contributed by atoms with Crippen LogP contribution in [0.4, 0.5) is 4.39 Å². The van der Waals surface area contributed by atoms with E-state index in [-0.39, 0.29) is 11.7 Å². The summed E-state index contributed by atoms with van der Waals surface area (Å²) in [4.78, 5) is 2.18. The molecule has 16 heavy (non-hydrogen) atoms. The molecule has 2 unspecified atom stereocenters. The molecule has 0 amide bonds. The number of benzene rings is 1. The predicted molar refractivity (Wildman–Crippen MR) is 62.2 cm³/mol. The topological polar surface area (TPSA) is 23.5 Å². The van der Waals surface area contributed by atoms with E-state index in [2.05, 4.69) is 4.90 Å². The maximum Gasteiger partial charge on any atom is 0.129 e. The summed E-state index contributed by atoms with van der Waals surface area (Å²) >= 11 is 0. The van der Waals surface area contributed by atoms with Crippen LogP contribution in [0.25, 0.3) is 0 Å². The monoisotopic (exact) mass is 223 g/mol. The van der Waals surface area contributed by atoms with Crippen LogP contribution in [0, 0.1) is 5.92 Å². The molecule has 2 nitrogen and oxygen atoms in total. The van der Waals surface area contributed by atoms with E-state index in [1.165, 1.54) is 0 Å². The first-order valence-corrected chi connectivity index (χ1v) is 5.78. The zero-order valence-electron chi connectivity index (χ0n) is 9.56. The lowest BCUT2D eigenvalue weighted by Gasteiger charge is -2.31. The standard InChI is InChI=1S/C13H18FNO/c1-15-8-2-3-11(9-15)13(14)10-4-6-12(16)7-5-10/h4-7,11,13,16H,2-3,8-9H2,1H3. The SMILES string of the molecule is CN1CCCC(C(F)c2ccc(O)cc2)C1. The second-order valence-electron chi connectivity index (χ2n) is 4.66. The number of phenolic OH excluding ortho intramolecular Hbond substituents is 1. The molecule has 1 saturated heterocycles. The molecule has 1 aliphatic rings. The minimum absolute atomic E-state index is 0.0864. The Balaban J connectivity index is 2.06. The van der Waals surface area contributed by atoms with Crippen LogP contribution in [0.1, 0.15) is 24.6 Å². The van der Waals surface area contributed by atoms with Gasteiger partial charge in [0.1, 0.15) is 11.9 Å². The fourth-order valence-electron chi connectivity index (χ4n) is 2.38. The van der Waals surface area contributed by atoms with Crippen LogP contribution in [0.15, 0.2) is 24.3 Å². The normalized spacial score (nSPS) is 24.2. The van der Waals surface area contributed by atoms with Gasteiger partial charge in [-0.2, -0.15) is 0 Å². The fraction of sp³-hybridized carbons (Fsp3) is 0.538. The molecule has 1 aromatic carbocycles. The van der Waals surface area contributed by atoms with Gasteiger partial charge in [-0.25, -0.2) is 4.39 Å². The third-order valence-electron chi connectivity index (χ3n) is 3.29. The maximum absolute atomic E-state index is 14.2. The highest BCUT2D eigenvalue weighted by molar-refractivity contribution is 5.27. The number of phenols is 1. The average Bonchev–Trinajstić information content (AvgIpc) is 2.29. The van der Waals surface area contributed by atoms with Crippen LogP contribution in [0.5, 0.6) is 5.75 Å². The van der Waals surface area contributed by atoms with Crippen molar-refractivity contribution in [3.63, 3.8) is 0 Å². The van der Waals surface area contributed by atoms with Gasteiger partial charge in [0.25, 0.3) is 0 Å². The average molecular weight is 223 g/mol. The molecule has 88 valence electrons. The van der Waals surface area contributed by atoms with Gasteiger partial charge in [-0.1, -0.05) is 12.1 Å². The number of hydrogen-bond donors (Lipinski definition) is 1. The fourth-order valence-corrected chi connectivity index (χ4v) is 2.38. The minimum atomic E-state index is -0.914. The lowest BCUT2D eigenvalue weighted by molar-refractivity contribution is 0.126. The maximum atomic E-state index is 14.2. The zero-order valence-corrected chi connectivity index (χ0v) is 9.56. The molecule has 0 aromatic heterocycles. The van der Waals surface area contributed by atoms with Crippen molar-refractivity contribution in [2.75, 3.05) is 20.1 Å². The van der Waals surface area contributed by atoms with Gasteiger partial charge in [-0.05, 0) is 44.1 Å². The van der Waals surface area contributed by atoms with Crippen LogP contribution in [-0.4, -0.2) is 30.1 Å². The van der Waals surface area contributed by atoms with E-state index < -0.39 is 6.17 Å². The number of halogens is 1. The Hall–Kier alpha value is -1.09. The van der Waals surface area contributed by atoms with Crippen molar-refractivity contribution in [1.82, 2.24) is 4.90 Å². The van der Waals surface area contributed by atoms with Crippen molar-refractivity contribution >= 4 is 0 Å². The van der Waals surface area contributed by atoms with Crippen LogP contribution in [-0.2, 0) is 0 Å². The van der Waals surface area contributed by atoms with E-state index in [0.717, 1.165) is 25.9 Å². The molecule has 0 bridgehead atoms. The molecule has 1 N–H and O–H groups in total. The molecule has 1 heterocycles. The van der Waals surface area contributed by atoms with E-state index in [0.29, 0.717) is 5.56 Å².